The molecule has 11 heterocycles. The summed E-state index contributed by atoms with van der Waals surface area (Å²) in [6.45, 7) is 0. The summed E-state index contributed by atoms with van der Waals surface area (Å²) in [5, 5.41) is 52.2. The van der Waals surface area contributed by atoms with Gasteiger partial charge in [0.25, 0.3) is 11.4 Å². The van der Waals surface area contributed by atoms with Crippen LogP contribution in [-0.2, 0) is 22.4 Å². The molecule has 11 aromatic heterocycles. The number of nitrogens with two attached hydrogens (primary N) is 1. The summed E-state index contributed by atoms with van der Waals surface area (Å²) >= 11 is 47.3. The highest BCUT2D eigenvalue weighted by atomic mass is 35.5. The van der Waals surface area contributed by atoms with Crippen LogP contribution in [-0.4, -0.2) is 91.8 Å². The Kier molecular flexibility index (Phi) is 29.7. The van der Waals surface area contributed by atoms with Crippen LogP contribution < -0.4 is 45.9 Å². The number of phenols is 1. The van der Waals surface area contributed by atoms with Gasteiger partial charge in [-0.25, -0.2) is 54.8 Å². The summed E-state index contributed by atoms with van der Waals surface area (Å²) < 4.78 is 27.3. The molecule has 2 amide bonds. The largest absolute Gasteiger partial charge is 0.508 e. The zero-order valence-corrected chi connectivity index (χ0v) is 69.2. The highest BCUT2D eigenvalue weighted by molar-refractivity contribution is 7.80. The number of fused-ring (bicyclic) bond motifs is 5. The molecule has 592 valence electrons. The lowest BCUT2D eigenvalue weighted by Gasteiger charge is -2.12. The molecule has 0 radical (unpaired) electrons. The first-order valence-corrected chi connectivity index (χ1v) is 40.7. The van der Waals surface area contributed by atoms with Crippen LogP contribution in [0.2, 0.25) is 25.2 Å². The Labute approximate surface area is 722 Å². The van der Waals surface area contributed by atoms with Gasteiger partial charge in [-0.15, -0.1) is 56.7 Å². The number of halogens is 5. The molecule has 0 fully saturated rings. The van der Waals surface area contributed by atoms with Gasteiger partial charge in [-0.05, 0) is 135 Å². The number of hydrogen-bond donors (Lipinski definition) is 6. The molecule has 0 saturated heterocycles. The lowest BCUT2D eigenvalue weighted by molar-refractivity contribution is -0.384. The number of carbonyl (C=O) groups is 2. The molecule has 0 bridgehead atoms. The van der Waals surface area contributed by atoms with Crippen LogP contribution in [0.1, 0.15) is 11.1 Å². The van der Waals surface area contributed by atoms with Crippen LogP contribution in [0, 0.1) is 20.2 Å². The number of ether oxygens (including phenoxy) is 4. The van der Waals surface area contributed by atoms with E-state index in [2.05, 4.69) is 76.1 Å². The fourth-order valence-electron chi connectivity index (χ4n) is 9.86. The van der Waals surface area contributed by atoms with E-state index in [4.69, 9.17) is 112 Å². The summed E-state index contributed by atoms with van der Waals surface area (Å²) in [4.78, 5) is 89.2. The fraction of sp³-hybridized carbons (Fsp3) is 0.0260. The number of nitrogens with one attached hydrogen (secondary N) is 4. The number of aromatic nitrogens is 11. The molecule has 0 unspecified atom stereocenters. The smallest absolute Gasteiger partial charge is 0.288 e. The van der Waals surface area contributed by atoms with E-state index in [1.807, 2.05) is 118 Å². The zero-order valence-electron chi connectivity index (χ0n) is 59.7. The molecule has 0 saturated carbocycles. The molecule has 17 aromatic rings. The maximum absolute atomic E-state index is 12.1. The van der Waals surface area contributed by atoms with E-state index in [0.29, 0.717) is 78.9 Å². The van der Waals surface area contributed by atoms with E-state index in [1.165, 1.54) is 101 Å². The molecule has 0 aliphatic heterocycles. The fourth-order valence-corrected chi connectivity index (χ4v) is 15.3. The Hall–Kier alpha value is -12.6. The van der Waals surface area contributed by atoms with Crippen LogP contribution in [0.15, 0.2) is 241 Å². The van der Waals surface area contributed by atoms with Crippen LogP contribution in [0.5, 0.6) is 52.4 Å². The second-order valence-electron chi connectivity index (χ2n) is 23.3. The van der Waals surface area contributed by atoms with Crippen LogP contribution >= 0.6 is 139 Å². The first kappa shape index (κ1) is 84.8. The normalized spacial score (nSPS) is 10.5. The van der Waals surface area contributed by atoms with Gasteiger partial charge >= 0.3 is 0 Å². The van der Waals surface area contributed by atoms with Crippen molar-refractivity contribution in [3.8, 4) is 52.4 Å². The number of thiocarbonyl (C=S) groups is 2. The van der Waals surface area contributed by atoms with Crippen molar-refractivity contribution in [2.45, 2.75) is 12.8 Å². The van der Waals surface area contributed by atoms with Crippen molar-refractivity contribution >= 4 is 241 Å². The number of aromatic hydroxyl groups is 1. The lowest BCUT2D eigenvalue weighted by Crippen LogP contribution is -2.35. The molecular weight excluding hydrogens is 1750 g/mol. The molecule has 0 aliphatic rings. The maximum Gasteiger partial charge on any atom is 0.288 e. The molecular formula is C77H51Cl5N18O11S7. The highest BCUT2D eigenvalue weighted by Gasteiger charge is 2.18. The maximum atomic E-state index is 12.1. The first-order valence-electron chi connectivity index (χ1n) is 33.6. The minimum absolute atomic E-state index is 0.0176. The first-order chi connectivity index (χ1) is 57.1. The third-order valence-electron chi connectivity index (χ3n) is 15.2. The predicted molar refractivity (Wildman–Crippen MR) is 471 cm³/mol. The Balaban J connectivity index is 0.000000135. The van der Waals surface area contributed by atoms with Gasteiger partial charge in [0.1, 0.15) is 88.6 Å². The van der Waals surface area contributed by atoms with Crippen molar-refractivity contribution in [3.63, 3.8) is 0 Å². The molecule has 17 rings (SSSR count). The van der Waals surface area contributed by atoms with Gasteiger partial charge in [-0.1, -0.05) is 119 Å². The summed E-state index contributed by atoms with van der Waals surface area (Å²) in [5.74, 6) is 3.27. The second-order valence-corrected chi connectivity index (χ2v) is 30.6. The van der Waals surface area contributed by atoms with Gasteiger partial charge in [-0.2, -0.15) is 0 Å². The average molecular weight is 1810 g/mol. The van der Waals surface area contributed by atoms with Crippen molar-refractivity contribution in [1.29, 1.82) is 0 Å². The Morgan fingerprint density at radius 3 is 1.23 bits per heavy atom. The second kappa shape index (κ2) is 41.3. The topological polar surface area (TPSA) is 393 Å². The number of anilines is 3. The number of nitro benzene ring substituents is 2. The van der Waals surface area contributed by atoms with Crippen molar-refractivity contribution in [1.82, 2.24) is 65.5 Å². The van der Waals surface area contributed by atoms with Crippen LogP contribution in [0.4, 0.5) is 28.4 Å². The van der Waals surface area contributed by atoms with Gasteiger partial charge in [0.2, 0.25) is 41.2 Å². The number of nitrogens with zero attached hydrogens (tertiary/aromatic N) is 13. The van der Waals surface area contributed by atoms with Gasteiger partial charge in [0.15, 0.2) is 10.2 Å². The molecule has 7 N–H and O–H groups in total. The Morgan fingerprint density at radius 1 is 0.424 bits per heavy atom. The van der Waals surface area contributed by atoms with Gasteiger partial charge in [0, 0.05) is 42.5 Å². The lowest BCUT2D eigenvalue weighted by atomic mass is 10.1. The number of phenolic OH excluding ortho intramolecular Hbond substituents is 1. The number of benzene rings is 6. The van der Waals surface area contributed by atoms with Gasteiger partial charge in [0.05, 0.1) is 88.3 Å². The number of nitrogen functional groups attached to an aromatic ring is 1. The quantitative estimate of drug-likeness (QED) is 0.0172. The van der Waals surface area contributed by atoms with Crippen LogP contribution in [0.25, 0.3) is 51.1 Å². The van der Waals surface area contributed by atoms with Crippen molar-refractivity contribution < 1.29 is 43.5 Å². The van der Waals surface area contributed by atoms with E-state index in [1.54, 1.807) is 66.1 Å². The SMILES string of the molecule is Clc1ncnc2ccsc12.Nc1ccc(Oc2ncnc3ccsc23)cc1Cl.O=C(Cc1ccccc1)NC(=S)Nc1ccc(Oc2ncnc3ccsc23)cc1Cl.O=C(Cc1ccccc1)NC(=S)Nc1ccc(Oc2ncnc3ccsc23)nc1.O=[N+]([O-])c1ccc(O)cc1Cl.O=[N+]([O-])c1ccc(Oc2ncnc3ccsc23)cc1Cl. The molecule has 0 spiro atoms. The van der Waals surface area contributed by atoms with Crippen molar-refractivity contribution in [3.05, 3.63) is 297 Å². The van der Waals surface area contributed by atoms with Crippen molar-refractivity contribution in [2.75, 3.05) is 16.4 Å². The summed E-state index contributed by atoms with van der Waals surface area (Å²) in [7, 11) is 0. The number of nitro groups is 2. The number of amides is 2. The van der Waals surface area contributed by atoms with Crippen molar-refractivity contribution in [2.24, 2.45) is 0 Å². The minimum atomic E-state index is -0.609. The zero-order chi connectivity index (χ0) is 83.0. The monoisotopic (exact) mass is 1800 g/mol. The van der Waals surface area contributed by atoms with Crippen LogP contribution in [0.3, 0.4) is 0 Å². The summed E-state index contributed by atoms with van der Waals surface area (Å²) in [6, 6.07) is 49.7. The minimum Gasteiger partial charge on any atom is -0.508 e. The molecule has 0 aliphatic carbocycles. The summed E-state index contributed by atoms with van der Waals surface area (Å²) in [6.07, 6.45) is 9.31. The number of carbonyl (C=O) groups excluding carboxylic acids is 2. The highest BCUT2D eigenvalue weighted by Crippen LogP contribution is 2.38. The molecule has 29 nitrogen and oxygen atoms in total. The number of rotatable bonds is 16. The number of thiophene rings is 5. The van der Waals surface area contributed by atoms with Gasteiger partial charge < -0.3 is 51.1 Å². The molecule has 0 atom stereocenters. The van der Waals surface area contributed by atoms with E-state index >= 15 is 0 Å². The molecule has 118 heavy (non-hydrogen) atoms. The Bertz CT molecular complexity index is 6440. The number of pyridine rings is 1. The Morgan fingerprint density at radius 2 is 0.814 bits per heavy atom. The van der Waals surface area contributed by atoms with Gasteiger partial charge in [-0.3, -0.25) is 29.8 Å². The van der Waals surface area contributed by atoms with E-state index in [-0.39, 0.29) is 62.1 Å². The molecule has 41 heteroatoms. The third kappa shape index (κ3) is 23.8. The molecule has 6 aromatic carbocycles. The van der Waals surface area contributed by atoms with E-state index in [0.717, 1.165) is 74.3 Å². The average Bonchev–Trinajstić information content (AvgIpc) is 1.63. The standard InChI is InChI=1S/C21H15ClN4O2S2.C20H15N5O2S2.C12H6ClN3O3S.C12H8ClN3OS.C6H3ClN2S.C6H4ClNO3/c22-15-11-14(28-20-19-17(8-9-30-19)23-12-24-20)6-7-16(15)25-21(29)26-18(27)10-13-4-2-1-3-5-13;26-16(10-13-4-2-1-3-5-13)25-20(28)24-14-6-7-17(21-11-14)27-19-18-15(8-9-29-18)22-12-23-19;13-8-5-7(1-2-10(8)16(17)18)19-12-11-9(3-4-20-11)14-6-15-12;13-8-5-7(1-2-9(8)14)17-12-11-10(3-4-18-11)15-6-16-12;7-6-5-4(1-2-10-5)8-3-9-6;7-5-3-4(9)1-2-6(5)8(10)11/h1-9,11-12H,10H2,(H2,25,26,27,29);1-9,11-12H,10H2,(H2,24,25,26,28);1-6H;1-6H,14H2;1-3H;1-3,9H. The predicted octanol–water partition coefficient (Wildman–Crippen LogP) is 21.2. The summed E-state index contributed by atoms with van der Waals surface area (Å²) in [5.41, 5.74) is 13.0. The third-order valence-corrected chi connectivity index (χ3v) is 21.7. The van der Waals surface area contributed by atoms with E-state index < -0.39 is 9.85 Å². The van der Waals surface area contributed by atoms with E-state index in [9.17, 15) is 29.8 Å². The number of hydrogen-bond acceptors (Lipinski definition) is 30.